The predicted octanol–water partition coefficient (Wildman–Crippen LogP) is 5.94. The summed E-state index contributed by atoms with van der Waals surface area (Å²) in [6.07, 6.45) is 7.89. The summed E-state index contributed by atoms with van der Waals surface area (Å²) in [5.41, 5.74) is 5.06. The van der Waals surface area contributed by atoms with Crippen LogP contribution in [-0.4, -0.2) is 11.8 Å². The first kappa shape index (κ1) is 20.8. The Kier molecular flexibility index (Phi) is 6.95. The number of rotatable bonds is 6. The predicted molar refractivity (Wildman–Crippen MR) is 126 cm³/mol. The summed E-state index contributed by atoms with van der Waals surface area (Å²) in [6, 6.07) is 23.6. The second-order valence-corrected chi connectivity index (χ2v) is 6.88. The third-order valence-corrected chi connectivity index (χ3v) is 4.35. The van der Waals surface area contributed by atoms with E-state index in [4.69, 9.17) is 0 Å². The van der Waals surface area contributed by atoms with Gasteiger partial charge >= 0.3 is 0 Å². The van der Waals surface area contributed by atoms with E-state index in [0.29, 0.717) is 11.4 Å². The van der Waals surface area contributed by atoms with Crippen LogP contribution in [0.4, 0.5) is 11.4 Å². The van der Waals surface area contributed by atoms with Crippen LogP contribution in [0.1, 0.15) is 36.1 Å². The lowest BCUT2D eigenvalue weighted by atomic mass is 10.0. The van der Waals surface area contributed by atoms with Crippen LogP contribution in [0.3, 0.4) is 0 Å². The van der Waals surface area contributed by atoms with E-state index in [1.165, 1.54) is 13.8 Å². The lowest BCUT2D eigenvalue weighted by Gasteiger charge is -2.14. The summed E-state index contributed by atoms with van der Waals surface area (Å²) in [4.78, 5) is 23.5. The number of carbonyl (C=O) groups excluding carboxylic acids is 2. The molecule has 150 valence electrons. The highest BCUT2D eigenvalue weighted by molar-refractivity contribution is 5.98. The topological polar surface area (TPSA) is 58.2 Å². The van der Waals surface area contributed by atoms with Gasteiger partial charge in [-0.3, -0.25) is 9.59 Å². The van der Waals surface area contributed by atoms with Crippen molar-refractivity contribution in [2.75, 3.05) is 10.6 Å². The Bertz CT molecular complexity index is 1000. The average molecular weight is 396 g/mol. The van der Waals surface area contributed by atoms with E-state index in [2.05, 4.69) is 10.6 Å². The lowest BCUT2D eigenvalue weighted by molar-refractivity contribution is -0.115. The third kappa shape index (κ3) is 6.04. The summed E-state index contributed by atoms with van der Waals surface area (Å²) in [5, 5.41) is 5.72. The minimum atomic E-state index is -0.175. The molecule has 0 bridgehead atoms. The molecule has 0 saturated heterocycles. The molecule has 3 aromatic carbocycles. The molecule has 30 heavy (non-hydrogen) atoms. The minimum Gasteiger partial charge on any atom is -0.326 e. The summed E-state index contributed by atoms with van der Waals surface area (Å²) in [5.74, 6) is -0.351. The molecule has 3 aromatic rings. The molecule has 0 heterocycles. The normalized spacial score (nSPS) is 11.0. The fourth-order valence-corrected chi connectivity index (χ4v) is 3.01. The monoisotopic (exact) mass is 396 g/mol. The number of hydrogen-bond acceptors (Lipinski definition) is 2. The average Bonchev–Trinajstić information content (AvgIpc) is 2.73. The number of hydrogen-bond donors (Lipinski definition) is 2. The maximum Gasteiger partial charge on any atom is 0.221 e. The fourth-order valence-electron chi connectivity index (χ4n) is 3.01. The molecule has 0 aliphatic rings. The Labute approximate surface area is 177 Å². The Morgan fingerprint density at radius 1 is 0.600 bits per heavy atom. The molecular weight excluding hydrogens is 372 g/mol. The highest BCUT2D eigenvalue weighted by Crippen LogP contribution is 2.29. The van der Waals surface area contributed by atoms with Gasteiger partial charge in [0.05, 0.1) is 11.4 Å². The van der Waals surface area contributed by atoms with Crippen LogP contribution in [0, 0.1) is 0 Å². The number of carbonyl (C=O) groups is 2. The highest BCUT2D eigenvalue weighted by Gasteiger charge is 2.10. The van der Waals surface area contributed by atoms with Crippen molar-refractivity contribution in [3.63, 3.8) is 0 Å². The molecule has 0 aliphatic carbocycles. The molecule has 2 N–H and O–H groups in total. The summed E-state index contributed by atoms with van der Waals surface area (Å²) >= 11 is 0. The van der Waals surface area contributed by atoms with Gasteiger partial charge in [0.15, 0.2) is 0 Å². The van der Waals surface area contributed by atoms with E-state index < -0.39 is 0 Å². The van der Waals surface area contributed by atoms with Crippen molar-refractivity contribution in [2.24, 2.45) is 0 Å². The SMILES string of the molecule is CC(=O)Nc1cc(NC(C)=O)c(C=Cc2ccccc2)cc1C=Cc1ccccc1. The van der Waals surface area contributed by atoms with Gasteiger partial charge in [-0.2, -0.15) is 0 Å². The van der Waals surface area contributed by atoms with Gasteiger partial charge < -0.3 is 10.6 Å². The smallest absolute Gasteiger partial charge is 0.221 e. The number of nitrogens with one attached hydrogen (secondary N) is 2. The molecule has 0 aliphatic heterocycles. The first-order chi connectivity index (χ1) is 14.5. The van der Waals surface area contributed by atoms with Crippen molar-refractivity contribution < 1.29 is 9.59 Å². The largest absolute Gasteiger partial charge is 0.326 e. The van der Waals surface area contributed by atoms with Gasteiger partial charge in [0.1, 0.15) is 0 Å². The van der Waals surface area contributed by atoms with E-state index in [9.17, 15) is 9.59 Å². The van der Waals surface area contributed by atoms with E-state index in [-0.39, 0.29) is 11.8 Å². The zero-order chi connectivity index (χ0) is 21.3. The Balaban J connectivity index is 2.06. The number of amides is 2. The van der Waals surface area contributed by atoms with Gasteiger partial charge in [-0.15, -0.1) is 0 Å². The number of anilines is 2. The molecule has 0 aromatic heterocycles. The summed E-state index contributed by atoms with van der Waals surface area (Å²) < 4.78 is 0. The first-order valence-corrected chi connectivity index (χ1v) is 9.71. The molecule has 4 nitrogen and oxygen atoms in total. The van der Waals surface area contributed by atoms with Gasteiger partial charge in [-0.25, -0.2) is 0 Å². The van der Waals surface area contributed by atoms with Crippen LogP contribution < -0.4 is 10.6 Å². The van der Waals surface area contributed by atoms with E-state index >= 15 is 0 Å². The summed E-state index contributed by atoms with van der Waals surface area (Å²) in [7, 11) is 0. The molecule has 0 saturated carbocycles. The van der Waals surface area contributed by atoms with Crippen LogP contribution in [-0.2, 0) is 9.59 Å². The molecular formula is C26H24N2O2. The molecule has 0 spiro atoms. The van der Waals surface area contributed by atoms with Crippen LogP contribution in [0.2, 0.25) is 0 Å². The molecule has 2 amide bonds. The molecule has 0 atom stereocenters. The number of benzene rings is 3. The fraction of sp³-hybridized carbons (Fsp3) is 0.0769. The van der Waals surface area contributed by atoms with Crippen molar-refractivity contribution in [1.82, 2.24) is 0 Å². The quantitative estimate of drug-likeness (QED) is 0.506. The van der Waals surface area contributed by atoms with Crippen LogP contribution in [0.5, 0.6) is 0 Å². The van der Waals surface area contributed by atoms with Crippen molar-refractivity contribution in [2.45, 2.75) is 13.8 Å². The van der Waals surface area contributed by atoms with Crippen molar-refractivity contribution in [1.29, 1.82) is 0 Å². The van der Waals surface area contributed by atoms with Crippen LogP contribution >= 0.6 is 0 Å². The van der Waals surface area contributed by atoms with Gasteiger partial charge in [0.2, 0.25) is 11.8 Å². The maximum absolute atomic E-state index is 11.7. The van der Waals surface area contributed by atoms with Gasteiger partial charge in [0, 0.05) is 13.8 Å². The lowest BCUT2D eigenvalue weighted by Crippen LogP contribution is -2.11. The van der Waals surface area contributed by atoms with E-state index in [0.717, 1.165) is 22.3 Å². The van der Waals surface area contributed by atoms with Crippen molar-refractivity contribution in [3.05, 3.63) is 95.1 Å². The van der Waals surface area contributed by atoms with E-state index in [1.807, 2.05) is 91.0 Å². The van der Waals surface area contributed by atoms with Gasteiger partial charge in [0.25, 0.3) is 0 Å². The Morgan fingerprint density at radius 3 is 1.37 bits per heavy atom. The highest BCUT2D eigenvalue weighted by atomic mass is 16.2. The summed E-state index contributed by atoms with van der Waals surface area (Å²) in [6.45, 7) is 2.93. The zero-order valence-electron chi connectivity index (χ0n) is 17.1. The van der Waals surface area contributed by atoms with Crippen molar-refractivity contribution >= 4 is 47.5 Å². The zero-order valence-corrected chi connectivity index (χ0v) is 17.1. The third-order valence-electron chi connectivity index (χ3n) is 4.35. The Hall–Kier alpha value is -3.92. The van der Waals surface area contributed by atoms with E-state index in [1.54, 1.807) is 6.07 Å². The first-order valence-electron chi connectivity index (χ1n) is 9.71. The molecule has 0 unspecified atom stereocenters. The standard InChI is InChI=1S/C26H24N2O2/c1-19(29)27-25-18-26(28-20(2)30)24(16-14-22-11-7-4-8-12-22)17-23(25)15-13-21-9-5-3-6-10-21/h3-18H,1-2H3,(H,27,29)(H,28,30). The Morgan fingerprint density at radius 2 is 1.00 bits per heavy atom. The molecule has 4 heteroatoms. The minimum absolute atomic E-state index is 0.175. The second-order valence-electron chi connectivity index (χ2n) is 6.88. The van der Waals surface area contributed by atoms with Crippen LogP contribution in [0.25, 0.3) is 24.3 Å². The van der Waals surface area contributed by atoms with Gasteiger partial charge in [-0.1, -0.05) is 85.0 Å². The van der Waals surface area contributed by atoms with Crippen molar-refractivity contribution in [3.8, 4) is 0 Å². The van der Waals surface area contributed by atoms with Crippen LogP contribution in [0.15, 0.2) is 72.8 Å². The molecule has 3 rings (SSSR count). The van der Waals surface area contributed by atoms with Gasteiger partial charge in [-0.05, 0) is 34.4 Å². The molecule has 0 fully saturated rings. The maximum atomic E-state index is 11.7. The second kappa shape index (κ2) is 10.0. The molecule has 0 radical (unpaired) electrons.